The van der Waals surface area contributed by atoms with Gasteiger partial charge in [-0.15, -0.1) is 0 Å². The van der Waals surface area contributed by atoms with Gasteiger partial charge in [-0.05, 0) is 56.6 Å². The topological polar surface area (TPSA) is 58.2 Å². The van der Waals surface area contributed by atoms with Gasteiger partial charge in [0.1, 0.15) is 0 Å². The molecule has 2 fully saturated rings. The second kappa shape index (κ2) is 8.50. The Morgan fingerprint density at radius 3 is 2.16 bits per heavy atom. The molecule has 25 heavy (non-hydrogen) atoms. The number of benzene rings is 1. The van der Waals surface area contributed by atoms with Gasteiger partial charge in [0.25, 0.3) is 0 Å². The maximum atomic E-state index is 12.6. The summed E-state index contributed by atoms with van der Waals surface area (Å²) in [6, 6.07) is 8.37. The monoisotopic (exact) mass is 342 g/mol. The van der Waals surface area contributed by atoms with Crippen molar-refractivity contribution in [2.45, 2.75) is 70.8 Å². The molecule has 0 atom stereocenters. The predicted molar refractivity (Wildman–Crippen MR) is 100 cm³/mol. The normalized spacial score (nSPS) is 24.0. The first-order valence-corrected chi connectivity index (χ1v) is 9.86. The number of aryl methyl sites for hydroxylation is 1. The molecular weight excluding hydrogens is 312 g/mol. The van der Waals surface area contributed by atoms with Crippen molar-refractivity contribution in [2.75, 3.05) is 5.32 Å². The molecule has 0 unspecified atom stereocenters. The van der Waals surface area contributed by atoms with E-state index in [1.54, 1.807) is 0 Å². The molecule has 3 rings (SSSR count). The third-order valence-electron chi connectivity index (χ3n) is 5.83. The zero-order chi connectivity index (χ0) is 17.6. The SMILES string of the molecule is CCc1ccccc1NC(=O)C1CCC(C(=O)NC2CCCC2)CC1. The molecule has 1 aromatic carbocycles. The molecule has 2 saturated carbocycles. The van der Waals surface area contributed by atoms with Crippen LogP contribution in [0.1, 0.15) is 63.9 Å². The smallest absolute Gasteiger partial charge is 0.227 e. The molecule has 0 radical (unpaired) electrons. The summed E-state index contributed by atoms with van der Waals surface area (Å²) in [5.41, 5.74) is 2.09. The van der Waals surface area contributed by atoms with Crippen LogP contribution in [0.25, 0.3) is 0 Å². The lowest BCUT2D eigenvalue weighted by Gasteiger charge is -2.28. The molecule has 2 aliphatic rings. The van der Waals surface area contributed by atoms with Crippen molar-refractivity contribution in [3.63, 3.8) is 0 Å². The standard InChI is InChI=1S/C21H30N2O2/c1-2-15-7-3-6-10-19(15)23-21(25)17-13-11-16(12-14-17)20(24)22-18-8-4-5-9-18/h3,6-7,10,16-18H,2,4-5,8-9,11-14H2,1H3,(H,22,24)(H,23,25). The van der Waals surface area contributed by atoms with Crippen molar-refractivity contribution in [3.8, 4) is 0 Å². The maximum Gasteiger partial charge on any atom is 0.227 e. The van der Waals surface area contributed by atoms with Crippen LogP contribution in [-0.2, 0) is 16.0 Å². The van der Waals surface area contributed by atoms with Crippen molar-refractivity contribution in [1.82, 2.24) is 5.32 Å². The van der Waals surface area contributed by atoms with Gasteiger partial charge in [0.15, 0.2) is 0 Å². The van der Waals surface area contributed by atoms with E-state index in [1.165, 1.54) is 18.4 Å². The van der Waals surface area contributed by atoms with Crippen molar-refractivity contribution in [2.24, 2.45) is 11.8 Å². The summed E-state index contributed by atoms with van der Waals surface area (Å²) >= 11 is 0. The van der Waals surface area contributed by atoms with E-state index in [1.807, 2.05) is 18.2 Å². The number of amides is 2. The summed E-state index contributed by atoms with van der Waals surface area (Å²) in [5, 5.41) is 6.30. The molecule has 136 valence electrons. The Hall–Kier alpha value is -1.84. The average molecular weight is 342 g/mol. The minimum atomic E-state index is 0.0282. The van der Waals surface area contributed by atoms with Gasteiger partial charge in [-0.3, -0.25) is 9.59 Å². The van der Waals surface area contributed by atoms with Crippen molar-refractivity contribution >= 4 is 17.5 Å². The summed E-state index contributed by atoms with van der Waals surface area (Å²) in [6.07, 6.45) is 8.89. The summed E-state index contributed by atoms with van der Waals surface area (Å²) in [6.45, 7) is 2.10. The van der Waals surface area contributed by atoms with Crippen LogP contribution < -0.4 is 10.6 Å². The molecule has 0 bridgehead atoms. The molecule has 0 aliphatic heterocycles. The summed E-state index contributed by atoms with van der Waals surface area (Å²) in [7, 11) is 0. The Morgan fingerprint density at radius 2 is 1.52 bits per heavy atom. The van der Waals surface area contributed by atoms with Crippen LogP contribution in [0.5, 0.6) is 0 Å². The van der Waals surface area contributed by atoms with Crippen LogP contribution >= 0.6 is 0 Å². The van der Waals surface area contributed by atoms with Gasteiger partial charge in [-0.2, -0.15) is 0 Å². The average Bonchev–Trinajstić information content (AvgIpc) is 3.15. The largest absolute Gasteiger partial charge is 0.353 e. The Kier molecular flexibility index (Phi) is 6.11. The third-order valence-corrected chi connectivity index (χ3v) is 5.83. The molecule has 0 saturated heterocycles. The molecule has 2 aliphatic carbocycles. The molecular formula is C21H30N2O2. The van der Waals surface area contributed by atoms with Gasteiger partial charge >= 0.3 is 0 Å². The zero-order valence-electron chi connectivity index (χ0n) is 15.2. The quantitative estimate of drug-likeness (QED) is 0.848. The Morgan fingerprint density at radius 1 is 0.920 bits per heavy atom. The zero-order valence-corrected chi connectivity index (χ0v) is 15.2. The molecule has 4 heteroatoms. The first-order valence-electron chi connectivity index (χ1n) is 9.86. The number of para-hydroxylation sites is 1. The maximum absolute atomic E-state index is 12.6. The summed E-state index contributed by atoms with van der Waals surface area (Å²) in [4.78, 5) is 25.0. The van der Waals surface area contributed by atoms with Crippen LogP contribution in [-0.4, -0.2) is 17.9 Å². The lowest BCUT2D eigenvalue weighted by Crippen LogP contribution is -2.39. The number of carbonyl (C=O) groups is 2. The van der Waals surface area contributed by atoms with Gasteiger partial charge in [-0.25, -0.2) is 0 Å². The highest BCUT2D eigenvalue weighted by atomic mass is 16.2. The highest BCUT2D eigenvalue weighted by molar-refractivity contribution is 5.93. The Labute approximate surface area is 150 Å². The van der Waals surface area contributed by atoms with Crippen LogP contribution in [0, 0.1) is 11.8 Å². The van der Waals surface area contributed by atoms with E-state index < -0.39 is 0 Å². The van der Waals surface area contributed by atoms with E-state index in [4.69, 9.17) is 0 Å². The van der Waals surface area contributed by atoms with Crippen molar-refractivity contribution in [3.05, 3.63) is 29.8 Å². The fraction of sp³-hybridized carbons (Fsp3) is 0.619. The Balaban J connectivity index is 1.48. The van der Waals surface area contributed by atoms with E-state index in [0.717, 1.165) is 50.6 Å². The number of carbonyl (C=O) groups excluding carboxylic acids is 2. The van der Waals surface area contributed by atoms with Crippen molar-refractivity contribution < 1.29 is 9.59 Å². The fourth-order valence-corrected chi connectivity index (χ4v) is 4.19. The number of hydrogen-bond acceptors (Lipinski definition) is 2. The van der Waals surface area contributed by atoms with Gasteiger partial charge < -0.3 is 10.6 Å². The second-order valence-corrected chi connectivity index (χ2v) is 7.54. The predicted octanol–water partition coefficient (Wildman–Crippen LogP) is 4.05. The lowest BCUT2D eigenvalue weighted by molar-refractivity contribution is -0.129. The Bertz CT molecular complexity index is 600. The third kappa shape index (κ3) is 4.62. The minimum absolute atomic E-state index is 0.0282. The number of anilines is 1. The van der Waals surface area contributed by atoms with Crippen LogP contribution in [0.3, 0.4) is 0 Å². The van der Waals surface area contributed by atoms with Crippen LogP contribution in [0.2, 0.25) is 0 Å². The highest BCUT2D eigenvalue weighted by Crippen LogP contribution is 2.31. The van der Waals surface area contributed by atoms with Gasteiger partial charge in [0.05, 0.1) is 0 Å². The fourth-order valence-electron chi connectivity index (χ4n) is 4.19. The molecule has 2 amide bonds. The van der Waals surface area contributed by atoms with Crippen LogP contribution in [0.15, 0.2) is 24.3 Å². The molecule has 2 N–H and O–H groups in total. The number of hydrogen-bond donors (Lipinski definition) is 2. The summed E-state index contributed by atoms with van der Waals surface area (Å²) in [5.74, 6) is 0.436. The van der Waals surface area contributed by atoms with E-state index in [-0.39, 0.29) is 23.7 Å². The first-order chi connectivity index (χ1) is 12.2. The second-order valence-electron chi connectivity index (χ2n) is 7.54. The molecule has 0 aromatic heterocycles. The highest BCUT2D eigenvalue weighted by Gasteiger charge is 2.31. The lowest BCUT2D eigenvalue weighted by atomic mass is 9.81. The van der Waals surface area contributed by atoms with Gasteiger partial charge in [0.2, 0.25) is 11.8 Å². The van der Waals surface area contributed by atoms with Gasteiger partial charge in [-0.1, -0.05) is 38.0 Å². The van der Waals surface area contributed by atoms with Crippen LogP contribution in [0.4, 0.5) is 5.69 Å². The van der Waals surface area contributed by atoms with Crippen molar-refractivity contribution in [1.29, 1.82) is 0 Å². The van der Waals surface area contributed by atoms with E-state index >= 15 is 0 Å². The molecule has 1 aromatic rings. The molecule has 0 heterocycles. The first kappa shape index (κ1) is 18.0. The van der Waals surface area contributed by atoms with Gasteiger partial charge in [0, 0.05) is 23.6 Å². The van der Waals surface area contributed by atoms with E-state index in [9.17, 15) is 9.59 Å². The van der Waals surface area contributed by atoms with E-state index in [0.29, 0.717) is 6.04 Å². The summed E-state index contributed by atoms with van der Waals surface area (Å²) < 4.78 is 0. The molecule has 4 nitrogen and oxygen atoms in total. The minimum Gasteiger partial charge on any atom is -0.353 e. The molecule has 0 spiro atoms. The number of rotatable bonds is 5. The van der Waals surface area contributed by atoms with E-state index in [2.05, 4.69) is 23.6 Å². The number of nitrogens with one attached hydrogen (secondary N) is 2.